The van der Waals surface area contributed by atoms with Crippen LogP contribution in [0.2, 0.25) is 0 Å². The van der Waals surface area contributed by atoms with Crippen molar-refractivity contribution in [1.82, 2.24) is 19.7 Å². The summed E-state index contributed by atoms with van der Waals surface area (Å²) in [7, 11) is 1.60. The Morgan fingerprint density at radius 3 is 2.66 bits per heavy atom. The zero-order chi connectivity index (χ0) is 20.4. The Kier molecular flexibility index (Phi) is 5.05. The van der Waals surface area contributed by atoms with E-state index in [0.717, 1.165) is 5.56 Å². The summed E-state index contributed by atoms with van der Waals surface area (Å²) < 4.78 is 20.0. The van der Waals surface area contributed by atoms with Gasteiger partial charge in [-0.2, -0.15) is 0 Å². The summed E-state index contributed by atoms with van der Waals surface area (Å²) in [4.78, 5) is 21.2. The van der Waals surface area contributed by atoms with E-state index in [4.69, 9.17) is 4.74 Å². The predicted molar refractivity (Wildman–Crippen MR) is 108 cm³/mol. The molecule has 0 radical (unpaired) electrons. The maximum absolute atomic E-state index is 13.1. The Morgan fingerprint density at radius 1 is 1.14 bits per heavy atom. The van der Waals surface area contributed by atoms with Gasteiger partial charge in [0.2, 0.25) is 5.82 Å². The molecular formula is C20H16FN5O2S. The lowest BCUT2D eigenvalue weighted by Gasteiger charge is -2.04. The molecule has 1 amide bonds. The molecule has 0 saturated carbocycles. The first kappa shape index (κ1) is 18.8. The number of aryl methyl sites for hydroxylation is 1. The first-order valence-electron chi connectivity index (χ1n) is 8.65. The van der Waals surface area contributed by atoms with Crippen molar-refractivity contribution in [2.45, 2.75) is 6.92 Å². The van der Waals surface area contributed by atoms with Gasteiger partial charge < -0.3 is 4.74 Å². The van der Waals surface area contributed by atoms with Crippen LogP contribution in [0, 0.1) is 12.7 Å². The van der Waals surface area contributed by atoms with Crippen LogP contribution in [-0.4, -0.2) is 32.8 Å². The highest BCUT2D eigenvalue weighted by Gasteiger charge is 2.17. The van der Waals surface area contributed by atoms with Crippen LogP contribution in [-0.2, 0) is 0 Å². The van der Waals surface area contributed by atoms with Gasteiger partial charge in [0.25, 0.3) is 5.91 Å². The van der Waals surface area contributed by atoms with Gasteiger partial charge in [0.05, 0.1) is 18.5 Å². The Balaban J connectivity index is 1.54. The lowest BCUT2D eigenvalue weighted by Crippen LogP contribution is -2.14. The lowest BCUT2D eigenvalue weighted by molar-refractivity contribution is 0.101. The number of anilines is 1. The number of carbonyl (C=O) groups is 1. The fourth-order valence-corrected chi connectivity index (χ4v) is 3.48. The molecule has 29 heavy (non-hydrogen) atoms. The number of methoxy groups -OCH3 is 1. The maximum atomic E-state index is 13.1. The number of amides is 1. The van der Waals surface area contributed by atoms with Crippen molar-refractivity contribution >= 4 is 22.4 Å². The van der Waals surface area contributed by atoms with E-state index in [2.05, 4.69) is 20.4 Å². The standard InChI is InChI=1S/C20H16FN5O2S/c1-12-22-18(25-26(12)14-9-7-13(21)8-10-14)19(27)24-20-23-16(11-29-20)15-5-3-4-6-17(15)28-2/h3-11H,1-2H3,(H,23,24,27). The van der Waals surface area contributed by atoms with E-state index in [-0.39, 0.29) is 11.6 Å². The van der Waals surface area contributed by atoms with Gasteiger partial charge in [0.15, 0.2) is 5.13 Å². The zero-order valence-electron chi connectivity index (χ0n) is 15.6. The average molecular weight is 409 g/mol. The van der Waals surface area contributed by atoms with Crippen molar-refractivity contribution in [3.05, 3.63) is 71.4 Å². The Bertz CT molecular complexity index is 1170. The summed E-state index contributed by atoms with van der Waals surface area (Å²) in [5.74, 6) is 0.386. The summed E-state index contributed by atoms with van der Waals surface area (Å²) in [5.41, 5.74) is 2.15. The smallest absolute Gasteiger partial charge is 0.297 e. The van der Waals surface area contributed by atoms with Crippen LogP contribution in [0.5, 0.6) is 5.75 Å². The van der Waals surface area contributed by atoms with Crippen molar-refractivity contribution in [2.75, 3.05) is 12.4 Å². The van der Waals surface area contributed by atoms with E-state index in [0.29, 0.717) is 28.1 Å². The van der Waals surface area contributed by atoms with E-state index in [1.807, 2.05) is 29.6 Å². The normalized spacial score (nSPS) is 10.7. The number of nitrogens with one attached hydrogen (secondary N) is 1. The highest BCUT2D eigenvalue weighted by Crippen LogP contribution is 2.31. The van der Waals surface area contributed by atoms with E-state index in [9.17, 15) is 9.18 Å². The van der Waals surface area contributed by atoms with E-state index >= 15 is 0 Å². The van der Waals surface area contributed by atoms with Crippen molar-refractivity contribution in [3.8, 4) is 22.7 Å². The molecule has 0 spiro atoms. The molecule has 0 aliphatic carbocycles. The van der Waals surface area contributed by atoms with E-state index in [1.54, 1.807) is 26.2 Å². The average Bonchev–Trinajstić information content (AvgIpc) is 3.35. The zero-order valence-corrected chi connectivity index (χ0v) is 16.4. The fourth-order valence-electron chi connectivity index (χ4n) is 2.78. The molecule has 7 nitrogen and oxygen atoms in total. The van der Waals surface area contributed by atoms with E-state index in [1.165, 1.54) is 28.2 Å². The number of aromatic nitrogens is 4. The second-order valence-corrected chi connectivity index (χ2v) is 6.92. The van der Waals surface area contributed by atoms with Crippen LogP contribution >= 0.6 is 11.3 Å². The third-order valence-corrected chi connectivity index (χ3v) is 4.91. The third kappa shape index (κ3) is 3.85. The molecule has 2 heterocycles. The first-order chi connectivity index (χ1) is 14.0. The molecule has 0 fully saturated rings. The lowest BCUT2D eigenvalue weighted by atomic mass is 10.1. The van der Waals surface area contributed by atoms with Crippen LogP contribution in [0.3, 0.4) is 0 Å². The Hall–Kier alpha value is -3.59. The molecule has 146 valence electrons. The molecule has 0 aliphatic rings. The van der Waals surface area contributed by atoms with Crippen LogP contribution in [0.1, 0.15) is 16.4 Å². The summed E-state index contributed by atoms with van der Waals surface area (Å²) in [5, 5.41) is 9.20. The minimum absolute atomic E-state index is 0.000802. The minimum atomic E-state index is -0.477. The molecule has 0 aliphatic heterocycles. The predicted octanol–water partition coefficient (Wildman–Crippen LogP) is 4.10. The number of carbonyl (C=O) groups excluding carboxylic acids is 1. The number of hydrogen-bond donors (Lipinski definition) is 1. The molecule has 9 heteroatoms. The van der Waals surface area contributed by atoms with Crippen LogP contribution in [0.15, 0.2) is 53.9 Å². The molecule has 4 aromatic rings. The highest BCUT2D eigenvalue weighted by atomic mass is 32.1. The Labute approximate surface area is 169 Å². The number of para-hydroxylation sites is 1. The molecule has 0 bridgehead atoms. The monoisotopic (exact) mass is 409 g/mol. The minimum Gasteiger partial charge on any atom is -0.496 e. The largest absolute Gasteiger partial charge is 0.496 e. The molecule has 1 N–H and O–H groups in total. The molecule has 2 aromatic carbocycles. The molecule has 0 saturated heterocycles. The summed E-state index contributed by atoms with van der Waals surface area (Å²) >= 11 is 1.29. The number of benzene rings is 2. The van der Waals surface area contributed by atoms with Gasteiger partial charge >= 0.3 is 0 Å². The van der Waals surface area contributed by atoms with Gasteiger partial charge in [0.1, 0.15) is 17.4 Å². The second kappa shape index (κ2) is 7.80. The molecular weight excluding hydrogens is 393 g/mol. The molecule has 2 aromatic heterocycles. The first-order valence-corrected chi connectivity index (χ1v) is 9.53. The summed E-state index contributed by atoms with van der Waals surface area (Å²) in [6.45, 7) is 1.72. The van der Waals surface area contributed by atoms with Crippen molar-refractivity contribution in [1.29, 1.82) is 0 Å². The van der Waals surface area contributed by atoms with Crippen molar-refractivity contribution < 1.29 is 13.9 Å². The maximum Gasteiger partial charge on any atom is 0.297 e. The van der Waals surface area contributed by atoms with Gasteiger partial charge in [-0.25, -0.2) is 19.0 Å². The van der Waals surface area contributed by atoms with E-state index < -0.39 is 5.91 Å². The number of ether oxygens (including phenoxy) is 1. The van der Waals surface area contributed by atoms with Crippen LogP contribution in [0.4, 0.5) is 9.52 Å². The fraction of sp³-hybridized carbons (Fsp3) is 0.100. The quantitative estimate of drug-likeness (QED) is 0.537. The number of thiazole rings is 1. The number of halogens is 1. The van der Waals surface area contributed by atoms with Crippen molar-refractivity contribution in [2.24, 2.45) is 0 Å². The number of hydrogen-bond acceptors (Lipinski definition) is 6. The molecule has 0 unspecified atom stereocenters. The molecule has 4 rings (SSSR count). The number of nitrogens with zero attached hydrogens (tertiary/aromatic N) is 4. The molecule has 0 atom stereocenters. The van der Waals surface area contributed by atoms with Crippen LogP contribution in [0.25, 0.3) is 16.9 Å². The SMILES string of the molecule is COc1ccccc1-c1csc(NC(=O)c2nc(C)n(-c3ccc(F)cc3)n2)n1. The Morgan fingerprint density at radius 2 is 1.90 bits per heavy atom. The van der Waals surface area contributed by atoms with Crippen LogP contribution < -0.4 is 10.1 Å². The van der Waals surface area contributed by atoms with Gasteiger partial charge in [-0.05, 0) is 43.3 Å². The summed E-state index contributed by atoms with van der Waals surface area (Å²) in [6.07, 6.45) is 0. The summed E-state index contributed by atoms with van der Waals surface area (Å²) in [6, 6.07) is 13.3. The second-order valence-electron chi connectivity index (χ2n) is 6.06. The highest BCUT2D eigenvalue weighted by molar-refractivity contribution is 7.14. The van der Waals surface area contributed by atoms with Gasteiger partial charge in [-0.1, -0.05) is 12.1 Å². The topological polar surface area (TPSA) is 81.9 Å². The third-order valence-electron chi connectivity index (χ3n) is 4.15. The van der Waals surface area contributed by atoms with Gasteiger partial charge in [-0.3, -0.25) is 10.1 Å². The van der Waals surface area contributed by atoms with Gasteiger partial charge in [0, 0.05) is 10.9 Å². The van der Waals surface area contributed by atoms with Gasteiger partial charge in [-0.15, -0.1) is 16.4 Å². The van der Waals surface area contributed by atoms with Crippen molar-refractivity contribution in [3.63, 3.8) is 0 Å². The number of rotatable bonds is 5.